The molecule has 2 aliphatic heterocycles. The summed E-state index contributed by atoms with van der Waals surface area (Å²) >= 11 is 0. The standard InChI is InChI=1S/C30H38N8O4/c1-21(2-7-28(40)33-20-39)38-30(42)26-5-3-24(16-23(26)17-34-38)37-14-12-35(13-15-37)19-22-8-10-36(11-9-22)25-4-6-27(29(31)41)32-18-25/h3-6,16-18,20-22H,2,7-15,19H2,1H3,(H2,31,41)(H,33,39,40). The number of hydrogen-bond donors (Lipinski definition) is 2. The first kappa shape index (κ1) is 29.2. The third kappa shape index (κ3) is 6.76. The third-order valence-electron chi connectivity index (χ3n) is 8.46. The van der Waals surface area contributed by atoms with Crippen LogP contribution in [0.25, 0.3) is 10.8 Å². The highest BCUT2D eigenvalue weighted by Gasteiger charge is 2.25. The number of hydrogen-bond acceptors (Lipinski definition) is 9. The van der Waals surface area contributed by atoms with Crippen LogP contribution in [0.1, 0.15) is 49.1 Å². The fraction of sp³-hybridized carbons (Fsp3) is 0.467. The van der Waals surface area contributed by atoms with Crippen molar-refractivity contribution in [2.45, 2.75) is 38.6 Å². The third-order valence-corrected chi connectivity index (χ3v) is 8.46. The number of pyridine rings is 1. The molecule has 1 unspecified atom stereocenters. The Bertz CT molecular complexity index is 1470. The molecule has 2 saturated heterocycles. The molecule has 5 rings (SSSR count). The summed E-state index contributed by atoms with van der Waals surface area (Å²) in [5.74, 6) is -0.225. The highest BCUT2D eigenvalue weighted by atomic mass is 16.2. The van der Waals surface area contributed by atoms with Gasteiger partial charge < -0.3 is 15.5 Å². The molecule has 3 aromatic rings. The molecule has 2 aliphatic rings. The zero-order chi connectivity index (χ0) is 29.6. The SMILES string of the molecule is CC(CCC(=O)NC=O)n1ncc2cc(N3CCN(CC4CCN(c5ccc(C(N)=O)nc5)CC4)CC3)ccc2c1=O. The van der Waals surface area contributed by atoms with Gasteiger partial charge in [-0.25, -0.2) is 9.67 Å². The Morgan fingerprint density at radius 3 is 2.40 bits per heavy atom. The number of imide groups is 1. The van der Waals surface area contributed by atoms with Crippen LogP contribution in [0.3, 0.4) is 0 Å². The zero-order valence-corrected chi connectivity index (χ0v) is 23.9. The topological polar surface area (TPSA) is 147 Å². The second-order valence-electron chi connectivity index (χ2n) is 11.2. The van der Waals surface area contributed by atoms with Gasteiger partial charge in [-0.1, -0.05) is 0 Å². The summed E-state index contributed by atoms with van der Waals surface area (Å²) in [6.45, 7) is 8.72. The summed E-state index contributed by atoms with van der Waals surface area (Å²) in [4.78, 5) is 57.8. The van der Waals surface area contributed by atoms with Crippen molar-refractivity contribution in [3.05, 3.63) is 58.8 Å². The normalized spacial score (nSPS) is 17.3. The van der Waals surface area contributed by atoms with Gasteiger partial charge in [0.2, 0.25) is 12.3 Å². The molecule has 0 radical (unpaired) electrons. The van der Waals surface area contributed by atoms with Crippen LogP contribution in [0.15, 0.2) is 47.5 Å². The maximum absolute atomic E-state index is 13.1. The fourth-order valence-corrected chi connectivity index (χ4v) is 5.91. The molecule has 3 amide bonds. The van der Waals surface area contributed by atoms with Gasteiger partial charge in [-0.05, 0) is 62.4 Å². The number of amides is 3. The lowest BCUT2D eigenvalue weighted by Gasteiger charge is -2.40. The largest absolute Gasteiger partial charge is 0.370 e. The quantitative estimate of drug-likeness (QED) is 0.344. The molecule has 0 spiro atoms. The molecular formula is C30H38N8O4. The summed E-state index contributed by atoms with van der Waals surface area (Å²) in [5, 5.41) is 7.90. The summed E-state index contributed by atoms with van der Waals surface area (Å²) in [7, 11) is 0. The lowest BCUT2D eigenvalue weighted by molar-refractivity contribution is -0.125. The Morgan fingerprint density at radius 1 is 1.02 bits per heavy atom. The van der Waals surface area contributed by atoms with Crippen molar-refractivity contribution in [2.24, 2.45) is 11.7 Å². The fourth-order valence-electron chi connectivity index (χ4n) is 5.91. The number of aromatic nitrogens is 3. The number of carbonyl (C=O) groups excluding carboxylic acids is 3. The minimum atomic E-state index is -0.508. The number of fused-ring (bicyclic) bond motifs is 1. The molecule has 42 heavy (non-hydrogen) atoms. The van der Waals surface area contributed by atoms with E-state index in [4.69, 9.17) is 5.73 Å². The van der Waals surface area contributed by atoms with E-state index in [2.05, 4.69) is 30.1 Å². The van der Waals surface area contributed by atoms with E-state index in [0.717, 1.165) is 75.4 Å². The van der Waals surface area contributed by atoms with Gasteiger partial charge in [0.1, 0.15) is 5.69 Å². The van der Waals surface area contributed by atoms with E-state index in [-0.39, 0.29) is 23.9 Å². The van der Waals surface area contributed by atoms with Crippen LogP contribution in [0.5, 0.6) is 0 Å². The average Bonchev–Trinajstić information content (AvgIpc) is 3.01. The predicted octanol–water partition coefficient (Wildman–Crippen LogP) is 1.54. The summed E-state index contributed by atoms with van der Waals surface area (Å²) in [6.07, 6.45) is 6.61. The van der Waals surface area contributed by atoms with Crippen molar-refractivity contribution in [3.63, 3.8) is 0 Å². The van der Waals surface area contributed by atoms with E-state index in [0.29, 0.717) is 29.8 Å². The highest BCUT2D eigenvalue weighted by molar-refractivity contribution is 5.91. The van der Waals surface area contributed by atoms with Crippen molar-refractivity contribution in [2.75, 3.05) is 55.6 Å². The van der Waals surface area contributed by atoms with Crippen LogP contribution in [-0.2, 0) is 9.59 Å². The summed E-state index contributed by atoms with van der Waals surface area (Å²) < 4.78 is 1.41. The van der Waals surface area contributed by atoms with Crippen molar-refractivity contribution < 1.29 is 14.4 Å². The van der Waals surface area contributed by atoms with E-state index in [1.807, 2.05) is 31.2 Å². The Balaban J connectivity index is 1.11. The average molecular weight is 575 g/mol. The van der Waals surface area contributed by atoms with Gasteiger partial charge in [-0.15, -0.1) is 0 Å². The first-order chi connectivity index (χ1) is 20.3. The molecule has 0 aliphatic carbocycles. The molecule has 12 nitrogen and oxygen atoms in total. The van der Waals surface area contributed by atoms with Crippen LogP contribution >= 0.6 is 0 Å². The number of primary amides is 1. The van der Waals surface area contributed by atoms with Gasteiger partial charge in [0.05, 0.1) is 29.5 Å². The van der Waals surface area contributed by atoms with E-state index >= 15 is 0 Å². The lowest BCUT2D eigenvalue weighted by atomic mass is 9.95. The number of benzene rings is 1. The highest BCUT2D eigenvalue weighted by Crippen LogP contribution is 2.26. The smallest absolute Gasteiger partial charge is 0.274 e. The minimum absolute atomic E-state index is 0.141. The Kier molecular flexibility index (Phi) is 9.11. The van der Waals surface area contributed by atoms with Crippen LogP contribution < -0.4 is 26.4 Å². The van der Waals surface area contributed by atoms with Crippen LogP contribution in [0.4, 0.5) is 11.4 Å². The predicted molar refractivity (Wildman–Crippen MR) is 160 cm³/mol. The van der Waals surface area contributed by atoms with E-state index in [1.165, 1.54) is 4.68 Å². The maximum atomic E-state index is 13.1. The number of piperazine rings is 1. The molecular weight excluding hydrogens is 536 g/mol. The molecule has 4 heterocycles. The van der Waals surface area contributed by atoms with Gasteiger partial charge in [0, 0.05) is 63.3 Å². The summed E-state index contributed by atoms with van der Waals surface area (Å²) in [6, 6.07) is 9.25. The number of nitrogens with one attached hydrogen (secondary N) is 1. The molecule has 2 fully saturated rings. The van der Waals surface area contributed by atoms with Crippen LogP contribution in [-0.4, -0.2) is 83.7 Å². The second-order valence-corrected chi connectivity index (χ2v) is 11.2. The van der Waals surface area contributed by atoms with Crippen molar-refractivity contribution in [3.8, 4) is 0 Å². The van der Waals surface area contributed by atoms with Gasteiger partial charge in [-0.3, -0.25) is 29.4 Å². The Labute approximate surface area is 244 Å². The monoisotopic (exact) mass is 574 g/mol. The molecule has 1 atom stereocenters. The van der Waals surface area contributed by atoms with Gasteiger partial charge in [0.25, 0.3) is 11.5 Å². The lowest BCUT2D eigenvalue weighted by Crippen LogP contribution is -2.49. The first-order valence-corrected chi connectivity index (χ1v) is 14.5. The first-order valence-electron chi connectivity index (χ1n) is 14.5. The van der Waals surface area contributed by atoms with Crippen LogP contribution in [0.2, 0.25) is 0 Å². The molecule has 222 valence electrons. The second kappa shape index (κ2) is 13.1. The van der Waals surface area contributed by atoms with Gasteiger partial charge in [0.15, 0.2) is 0 Å². The zero-order valence-electron chi connectivity index (χ0n) is 23.9. The molecule has 1 aromatic carbocycles. The Hall–Kier alpha value is -4.32. The number of anilines is 2. The number of nitrogens with zero attached hydrogens (tertiary/aromatic N) is 6. The van der Waals surface area contributed by atoms with E-state index in [1.54, 1.807) is 18.5 Å². The molecule has 3 N–H and O–H groups in total. The van der Waals surface area contributed by atoms with E-state index in [9.17, 15) is 19.2 Å². The molecule has 0 saturated carbocycles. The number of rotatable bonds is 10. The summed E-state index contributed by atoms with van der Waals surface area (Å²) in [5.41, 5.74) is 7.53. The van der Waals surface area contributed by atoms with Gasteiger partial charge >= 0.3 is 0 Å². The van der Waals surface area contributed by atoms with Crippen LogP contribution in [0, 0.1) is 5.92 Å². The molecule has 0 bridgehead atoms. The maximum Gasteiger partial charge on any atom is 0.274 e. The van der Waals surface area contributed by atoms with Crippen molar-refractivity contribution >= 4 is 40.4 Å². The van der Waals surface area contributed by atoms with E-state index < -0.39 is 5.91 Å². The number of piperidine rings is 1. The number of carbonyl (C=O) groups is 3. The molecule has 2 aromatic heterocycles. The van der Waals surface area contributed by atoms with Crippen molar-refractivity contribution in [1.82, 2.24) is 25.0 Å². The van der Waals surface area contributed by atoms with Gasteiger partial charge in [-0.2, -0.15) is 5.10 Å². The van der Waals surface area contributed by atoms with Crippen molar-refractivity contribution in [1.29, 1.82) is 0 Å². The number of nitrogens with two attached hydrogens (primary N) is 1. The Morgan fingerprint density at radius 2 is 1.74 bits per heavy atom. The minimum Gasteiger partial charge on any atom is -0.370 e. The molecule has 12 heteroatoms.